The standard InChI is InChI=1S/C22H22BrNO3S2/c1-4-26-18-10-16(17(23)12-19(18)27-5-2)11-20-21(25)24(22(28)29-20)13-15-8-6-14(3)7-9-15/h6-12H,4-5,13H2,1-3H3/b20-11-. The number of hydrogen-bond acceptors (Lipinski definition) is 5. The van der Waals surface area contributed by atoms with E-state index in [0.29, 0.717) is 40.5 Å². The number of amides is 1. The van der Waals surface area contributed by atoms with E-state index < -0.39 is 0 Å². The zero-order valence-electron chi connectivity index (χ0n) is 16.5. The summed E-state index contributed by atoms with van der Waals surface area (Å²) in [4.78, 5) is 15.2. The third-order valence-corrected chi connectivity index (χ3v) is 6.35. The summed E-state index contributed by atoms with van der Waals surface area (Å²) in [5.41, 5.74) is 3.08. The van der Waals surface area contributed by atoms with Crippen molar-refractivity contribution < 1.29 is 14.3 Å². The van der Waals surface area contributed by atoms with Gasteiger partial charge in [0, 0.05) is 4.47 Å². The van der Waals surface area contributed by atoms with E-state index in [1.807, 2.05) is 63.2 Å². The number of nitrogens with zero attached hydrogens (tertiary/aromatic N) is 1. The zero-order chi connectivity index (χ0) is 21.0. The first kappa shape index (κ1) is 21.9. The molecule has 0 aliphatic carbocycles. The largest absolute Gasteiger partial charge is 0.490 e. The Labute approximate surface area is 189 Å². The molecule has 1 fully saturated rings. The van der Waals surface area contributed by atoms with Gasteiger partial charge in [-0.2, -0.15) is 0 Å². The predicted molar refractivity (Wildman–Crippen MR) is 126 cm³/mol. The van der Waals surface area contributed by atoms with Crippen LogP contribution in [0.1, 0.15) is 30.5 Å². The number of rotatable bonds is 7. The van der Waals surface area contributed by atoms with Gasteiger partial charge in [-0.25, -0.2) is 0 Å². The van der Waals surface area contributed by atoms with Crippen molar-refractivity contribution in [2.75, 3.05) is 13.2 Å². The molecule has 0 atom stereocenters. The second-order valence-corrected chi connectivity index (χ2v) is 8.97. The third-order valence-electron chi connectivity index (χ3n) is 4.28. The van der Waals surface area contributed by atoms with E-state index in [-0.39, 0.29) is 5.91 Å². The van der Waals surface area contributed by atoms with E-state index in [4.69, 9.17) is 21.7 Å². The van der Waals surface area contributed by atoms with Crippen molar-refractivity contribution in [1.82, 2.24) is 4.90 Å². The lowest BCUT2D eigenvalue weighted by Gasteiger charge is -2.14. The predicted octanol–water partition coefficient (Wildman–Crippen LogP) is 5.96. The summed E-state index contributed by atoms with van der Waals surface area (Å²) >= 11 is 10.4. The van der Waals surface area contributed by atoms with Gasteiger partial charge in [0.15, 0.2) is 11.5 Å². The van der Waals surface area contributed by atoms with Crippen molar-refractivity contribution in [3.05, 3.63) is 62.5 Å². The van der Waals surface area contributed by atoms with Gasteiger partial charge in [0.1, 0.15) is 4.32 Å². The maximum Gasteiger partial charge on any atom is 0.266 e. The molecule has 7 heteroatoms. The average molecular weight is 492 g/mol. The Kier molecular flexibility index (Phi) is 7.38. The Balaban J connectivity index is 1.86. The van der Waals surface area contributed by atoms with Crippen molar-refractivity contribution in [2.45, 2.75) is 27.3 Å². The van der Waals surface area contributed by atoms with E-state index in [9.17, 15) is 4.79 Å². The number of ether oxygens (including phenoxy) is 2. The Hall–Kier alpha value is -1.83. The molecule has 3 rings (SSSR count). The quantitative estimate of drug-likeness (QED) is 0.353. The molecule has 0 spiro atoms. The molecule has 1 amide bonds. The molecular weight excluding hydrogens is 470 g/mol. The summed E-state index contributed by atoms with van der Waals surface area (Å²) in [6.45, 7) is 7.43. The molecule has 4 nitrogen and oxygen atoms in total. The Morgan fingerprint density at radius 2 is 1.72 bits per heavy atom. The van der Waals surface area contributed by atoms with Crippen molar-refractivity contribution >= 4 is 56.2 Å². The van der Waals surface area contributed by atoms with Crippen LogP contribution < -0.4 is 9.47 Å². The van der Waals surface area contributed by atoms with Crippen LogP contribution >= 0.6 is 39.9 Å². The fourth-order valence-electron chi connectivity index (χ4n) is 2.85. The highest BCUT2D eigenvalue weighted by Crippen LogP contribution is 2.38. The first-order chi connectivity index (χ1) is 13.9. The maximum absolute atomic E-state index is 13.0. The minimum absolute atomic E-state index is 0.0840. The molecule has 2 aromatic rings. The molecule has 0 radical (unpaired) electrons. The zero-order valence-corrected chi connectivity index (χ0v) is 19.7. The fraction of sp³-hybridized carbons (Fsp3) is 0.273. The van der Waals surface area contributed by atoms with Crippen molar-refractivity contribution in [3.63, 3.8) is 0 Å². The Morgan fingerprint density at radius 3 is 2.34 bits per heavy atom. The van der Waals surface area contributed by atoms with Gasteiger partial charge in [0.2, 0.25) is 0 Å². The highest BCUT2D eigenvalue weighted by molar-refractivity contribution is 9.10. The van der Waals surface area contributed by atoms with Crippen LogP contribution in [-0.4, -0.2) is 28.3 Å². The van der Waals surface area contributed by atoms with Gasteiger partial charge in [-0.1, -0.05) is 69.7 Å². The lowest BCUT2D eigenvalue weighted by molar-refractivity contribution is -0.122. The van der Waals surface area contributed by atoms with Crippen molar-refractivity contribution in [1.29, 1.82) is 0 Å². The van der Waals surface area contributed by atoms with Crippen LogP contribution in [0.15, 0.2) is 45.8 Å². The summed E-state index contributed by atoms with van der Waals surface area (Å²) in [5.74, 6) is 1.24. The van der Waals surface area contributed by atoms with E-state index in [2.05, 4.69) is 15.9 Å². The second-order valence-electron chi connectivity index (χ2n) is 6.44. The number of benzene rings is 2. The number of thioether (sulfide) groups is 1. The van der Waals surface area contributed by atoms with Gasteiger partial charge in [0.05, 0.1) is 24.7 Å². The first-order valence-electron chi connectivity index (χ1n) is 9.33. The smallest absolute Gasteiger partial charge is 0.266 e. The number of thiocarbonyl (C=S) groups is 1. The van der Waals surface area contributed by atoms with Crippen LogP contribution in [0.25, 0.3) is 6.08 Å². The van der Waals surface area contributed by atoms with Gasteiger partial charge in [0.25, 0.3) is 5.91 Å². The summed E-state index contributed by atoms with van der Waals surface area (Å²) in [6, 6.07) is 11.9. The van der Waals surface area contributed by atoms with Crippen LogP contribution in [0.4, 0.5) is 0 Å². The topological polar surface area (TPSA) is 38.8 Å². The number of aryl methyl sites for hydroxylation is 1. The van der Waals surface area contributed by atoms with E-state index in [1.165, 1.54) is 17.3 Å². The molecule has 0 bridgehead atoms. The lowest BCUT2D eigenvalue weighted by Crippen LogP contribution is -2.27. The molecule has 0 unspecified atom stereocenters. The summed E-state index contributed by atoms with van der Waals surface area (Å²) in [6.07, 6.45) is 1.84. The van der Waals surface area contributed by atoms with Crippen LogP contribution in [0.5, 0.6) is 11.5 Å². The van der Waals surface area contributed by atoms with Gasteiger partial charge in [-0.05, 0) is 50.1 Å². The molecule has 0 aromatic heterocycles. The van der Waals surface area contributed by atoms with E-state index in [1.54, 1.807) is 4.90 Å². The van der Waals surface area contributed by atoms with E-state index in [0.717, 1.165) is 15.6 Å². The Bertz CT molecular complexity index is 957. The maximum atomic E-state index is 13.0. The van der Waals surface area contributed by atoms with Gasteiger partial charge in [-0.15, -0.1) is 0 Å². The first-order valence-corrected chi connectivity index (χ1v) is 11.3. The van der Waals surface area contributed by atoms with Crippen LogP contribution in [-0.2, 0) is 11.3 Å². The van der Waals surface area contributed by atoms with Crippen molar-refractivity contribution in [2.24, 2.45) is 0 Å². The molecule has 0 saturated carbocycles. The number of carbonyl (C=O) groups excluding carboxylic acids is 1. The molecule has 1 aliphatic rings. The monoisotopic (exact) mass is 491 g/mol. The van der Waals surface area contributed by atoms with Gasteiger partial charge < -0.3 is 9.47 Å². The number of carbonyl (C=O) groups is 1. The van der Waals surface area contributed by atoms with Gasteiger partial charge >= 0.3 is 0 Å². The number of halogens is 1. The van der Waals surface area contributed by atoms with E-state index >= 15 is 0 Å². The van der Waals surface area contributed by atoms with Gasteiger partial charge in [-0.3, -0.25) is 9.69 Å². The minimum Gasteiger partial charge on any atom is -0.490 e. The molecule has 2 aromatic carbocycles. The molecule has 152 valence electrons. The van der Waals surface area contributed by atoms with Crippen LogP contribution in [0.2, 0.25) is 0 Å². The van der Waals surface area contributed by atoms with Crippen molar-refractivity contribution in [3.8, 4) is 11.5 Å². The third kappa shape index (κ3) is 5.21. The van der Waals surface area contributed by atoms with Crippen LogP contribution in [0, 0.1) is 6.92 Å². The SMILES string of the molecule is CCOc1cc(Br)c(/C=C2\SC(=S)N(Cc3ccc(C)cc3)C2=O)cc1OCC. The fourth-order valence-corrected chi connectivity index (χ4v) is 4.53. The summed E-state index contributed by atoms with van der Waals surface area (Å²) in [5, 5.41) is 0. The molecular formula is C22H22BrNO3S2. The highest BCUT2D eigenvalue weighted by Gasteiger charge is 2.32. The number of hydrogen-bond donors (Lipinski definition) is 0. The summed E-state index contributed by atoms with van der Waals surface area (Å²) in [7, 11) is 0. The summed E-state index contributed by atoms with van der Waals surface area (Å²) < 4.78 is 12.7. The molecule has 1 heterocycles. The normalized spacial score (nSPS) is 15.3. The molecule has 0 N–H and O–H groups in total. The molecule has 1 aliphatic heterocycles. The average Bonchev–Trinajstić information content (AvgIpc) is 2.95. The van der Waals surface area contributed by atoms with Crippen LogP contribution in [0.3, 0.4) is 0 Å². The minimum atomic E-state index is -0.0840. The lowest BCUT2D eigenvalue weighted by atomic mass is 10.1. The Morgan fingerprint density at radius 1 is 1.10 bits per heavy atom. The highest BCUT2D eigenvalue weighted by atomic mass is 79.9. The molecule has 29 heavy (non-hydrogen) atoms. The molecule has 1 saturated heterocycles. The second kappa shape index (κ2) is 9.78.